The number of aliphatic carboxylic acids is 1. The van der Waals surface area contributed by atoms with Gasteiger partial charge in [-0.25, -0.2) is 23.8 Å². The van der Waals surface area contributed by atoms with Crippen molar-refractivity contribution in [1.82, 2.24) is 49.6 Å². The van der Waals surface area contributed by atoms with E-state index in [0.29, 0.717) is 88.4 Å². The van der Waals surface area contributed by atoms with Crippen LogP contribution in [-0.4, -0.2) is 158 Å². The summed E-state index contributed by atoms with van der Waals surface area (Å²) in [6.45, 7) is 12.5. The van der Waals surface area contributed by atoms with Crippen LogP contribution >= 0.6 is 46.5 Å². The van der Waals surface area contributed by atoms with Crippen molar-refractivity contribution >= 4 is 75.6 Å². The smallest absolute Gasteiger partial charge is 0.416 e. The summed E-state index contributed by atoms with van der Waals surface area (Å²) in [5, 5.41) is 28.6. The lowest BCUT2D eigenvalue weighted by atomic mass is 9.73. The Labute approximate surface area is 763 Å². The molecule has 0 unspecified atom stereocenters. The minimum Gasteiger partial charge on any atom is -0.491 e. The molecule has 130 heavy (non-hydrogen) atoms. The molecule has 682 valence electrons. The second kappa shape index (κ2) is 41.8. The summed E-state index contributed by atoms with van der Waals surface area (Å²) >= 11 is 10.8. The van der Waals surface area contributed by atoms with E-state index in [1.54, 1.807) is 64.0 Å². The van der Waals surface area contributed by atoms with Gasteiger partial charge >= 0.3 is 30.2 Å². The fourth-order valence-electron chi connectivity index (χ4n) is 16.2. The standard InChI is InChI=1S/C39H37F6N3O2.C36H41ClN8O4S.C21H18F3NO3S2/c40-38(41,42)25-46-36(50)37(33-13-5-3-10-30(33)31-11-4-6-14-34(31)37)21-7-8-22-48-23-19-28(20-24-48)47-35(49)32-12-2-1-9-29(32)26-15-17-27(18-16-26)39(43,44)45;1-4-26(2)45-35(46)44(25-39-45)31-11-9-29(10-12-31)42-17-19-43(20-18-42)30-13-15-32(16-14-30)47-21-33-22-48-36(49-33,27-5-7-28(37)8-6-27)23-50-34-40-38-24-41(34)3;1-12-9-16(7-8-17(12)28-10-19(26)27)29-11-18-13(2)25-20(30-18)14-3-5-15(6-4-14)21(22,23)24/h1-6,9-18,28H,7-8,19-25H2,(H,46,50)(H,47,49);5-16,24-26,33H,4,17-23H2,1-3H3;3-9H,10-11H2,1-2H3,(H,26,27)/t;26-,33-,36-;/m.1./s1. The lowest BCUT2D eigenvalue weighted by Gasteiger charge is -2.37. The fourth-order valence-corrected chi connectivity index (χ4v) is 19.5. The van der Waals surface area contributed by atoms with Gasteiger partial charge in [-0.3, -0.25) is 9.59 Å². The average molecular weight is 1860 g/mol. The summed E-state index contributed by atoms with van der Waals surface area (Å²) in [6, 6.07) is 60.9. The minimum absolute atomic E-state index is 0.0680. The minimum atomic E-state index is -4.53. The number of halogens is 10. The highest BCUT2D eigenvalue weighted by molar-refractivity contribution is 7.99. The van der Waals surface area contributed by atoms with Crippen LogP contribution in [0.5, 0.6) is 11.5 Å². The van der Waals surface area contributed by atoms with Crippen LogP contribution in [-0.2, 0) is 55.4 Å². The predicted octanol–water partition coefficient (Wildman–Crippen LogP) is 20.1. The summed E-state index contributed by atoms with van der Waals surface area (Å²) in [5.74, 6) is -0.454. The van der Waals surface area contributed by atoms with E-state index < -0.39 is 59.3 Å². The van der Waals surface area contributed by atoms with Gasteiger partial charge in [-0.1, -0.05) is 140 Å². The molecule has 9 aromatic carbocycles. The molecular formula is C96H96ClF9N12O9S3. The molecule has 6 heterocycles. The number of amides is 2. The summed E-state index contributed by atoms with van der Waals surface area (Å²) in [4.78, 5) is 64.1. The molecular weight excluding hydrogens is 1770 g/mol. The van der Waals surface area contributed by atoms with Crippen LogP contribution in [0, 0.1) is 13.8 Å². The third-order valence-electron chi connectivity index (χ3n) is 23.3. The van der Waals surface area contributed by atoms with Gasteiger partial charge in [0.05, 0.1) is 40.9 Å². The van der Waals surface area contributed by atoms with Gasteiger partial charge in [0.1, 0.15) is 53.8 Å². The molecule has 3 aromatic heterocycles. The number of carbonyl (C=O) groups is 3. The number of ether oxygens (including phenoxy) is 4. The molecule has 0 spiro atoms. The number of carboxylic acid groups (broad SMARTS) is 1. The summed E-state index contributed by atoms with van der Waals surface area (Å²) in [7, 11) is 1.91. The maximum Gasteiger partial charge on any atom is 0.416 e. The van der Waals surface area contributed by atoms with Gasteiger partial charge in [0.25, 0.3) is 5.91 Å². The number of alkyl halides is 9. The molecule has 16 rings (SSSR count). The van der Waals surface area contributed by atoms with E-state index in [4.69, 9.17) is 35.7 Å². The van der Waals surface area contributed by atoms with E-state index in [-0.39, 0.29) is 36.4 Å². The Hall–Kier alpha value is -11.5. The number of anilines is 2. The molecule has 3 N–H and O–H groups in total. The third kappa shape index (κ3) is 23.1. The number of thioether (sulfide) groups is 2. The lowest BCUT2D eigenvalue weighted by Crippen LogP contribution is -2.47. The maximum atomic E-state index is 13.7. The van der Waals surface area contributed by atoms with Crippen LogP contribution in [0.3, 0.4) is 0 Å². The number of aryl methyl sites for hydroxylation is 3. The van der Waals surface area contributed by atoms with Gasteiger partial charge in [0.2, 0.25) is 11.7 Å². The van der Waals surface area contributed by atoms with Crippen LogP contribution < -0.4 is 35.6 Å². The number of nitrogens with zero attached hydrogens (tertiary/aromatic N) is 10. The van der Waals surface area contributed by atoms with E-state index in [1.165, 1.54) is 47.4 Å². The fraction of sp³-hybridized carbons (Fsp3) is 0.333. The van der Waals surface area contributed by atoms with E-state index in [0.717, 1.165) is 160 Å². The molecule has 3 saturated heterocycles. The second-order valence-electron chi connectivity index (χ2n) is 32.1. The molecule has 4 aliphatic rings. The summed E-state index contributed by atoms with van der Waals surface area (Å²) in [6.07, 6.45) is -6.34. The molecule has 3 aliphatic heterocycles. The molecule has 3 fully saturated rings. The van der Waals surface area contributed by atoms with E-state index in [1.807, 2.05) is 142 Å². The third-order valence-corrected chi connectivity index (χ3v) is 27.1. The number of fused-ring (bicyclic) bond motifs is 3. The Morgan fingerprint density at radius 3 is 1.86 bits per heavy atom. The quantitative estimate of drug-likeness (QED) is 0.0225. The number of piperazine rings is 1. The van der Waals surface area contributed by atoms with Crippen LogP contribution in [0.4, 0.5) is 50.9 Å². The first-order valence-electron chi connectivity index (χ1n) is 42.4. The van der Waals surface area contributed by atoms with Crippen molar-refractivity contribution in [2.75, 3.05) is 87.7 Å². The molecule has 0 bridgehead atoms. The molecule has 2 amide bonds. The van der Waals surface area contributed by atoms with Crippen molar-refractivity contribution < 1.29 is 78.0 Å². The number of likely N-dealkylation sites (tertiary alicyclic amines) is 1. The highest BCUT2D eigenvalue weighted by atomic mass is 35.5. The van der Waals surface area contributed by atoms with Crippen molar-refractivity contribution in [2.45, 2.75) is 130 Å². The van der Waals surface area contributed by atoms with E-state index in [2.05, 4.69) is 76.8 Å². The average Bonchev–Trinajstić information content (AvgIpc) is 1.56. The number of hydrogen-bond donors (Lipinski definition) is 3. The van der Waals surface area contributed by atoms with Gasteiger partial charge in [-0.2, -0.15) is 44.6 Å². The molecule has 34 heteroatoms. The zero-order valence-electron chi connectivity index (χ0n) is 71.7. The number of rotatable bonds is 29. The topological polar surface area (TPSA) is 226 Å². The van der Waals surface area contributed by atoms with Crippen LogP contribution in [0.2, 0.25) is 5.02 Å². The van der Waals surface area contributed by atoms with Gasteiger partial charge in [-0.15, -0.1) is 33.3 Å². The van der Waals surface area contributed by atoms with E-state index in [9.17, 15) is 58.7 Å². The number of nitrogens with one attached hydrogen (secondary N) is 2. The Bertz CT molecular complexity index is 5880. The highest BCUT2D eigenvalue weighted by Gasteiger charge is 2.50. The van der Waals surface area contributed by atoms with Crippen molar-refractivity contribution in [2.24, 2.45) is 7.05 Å². The zero-order valence-corrected chi connectivity index (χ0v) is 74.9. The SMILES string of the molecule is CC[C@@H](C)n1ncn(-c2ccc(N3CCN(c4ccc(OC[C@@H]5CO[C@@](CSc6nncn6C)(c6ccc(Cl)cc6)O5)cc4)CC3)cc2)c1=O.Cc1cc(SCc2sc(-c3ccc(C(F)(F)F)cc3)nc2C)ccc1OCC(=O)O.O=C(NC1CCN(CCCCC2(C(=O)NCC(F)(F)F)c3ccccc3-c3ccccc32)CC1)c1ccccc1-c1ccc(C(F)(F)F)cc1. The molecule has 21 nitrogen and oxygen atoms in total. The van der Waals surface area contributed by atoms with Crippen molar-refractivity contribution in [1.29, 1.82) is 0 Å². The number of benzene rings is 9. The van der Waals surface area contributed by atoms with Gasteiger partial charge in [0.15, 0.2) is 11.8 Å². The molecule has 1 aliphatic carbocycles. The van der Waals surface area contributed by atoms with Crippen LogP contribution in [0.1, 0.15) is 113 Å². The summed E-state index contributed by atoms with van der Waals surface area (Å²) in [5.41, 5.74) is 8.19. The Kier molecular flexibility index (Phi) is 30.4. The largest absolute Gasteiger partial charge is 0.491 e. The Balaban J connectivity index is 0.000000163. The van der Waals surface area contributed by atoms with Crippen molar-refractivity contribution in [3.63, 3.8) is 0 Å². The number of hydrogen-bond acceptors (Lipinski definition) is 18. The number of aromatic nitrogens is 7. The van der Waals surface area contributed by atoms with Crippen molar-refractivity contribution in [3.05, 3.63) is 290 Å². The Morgan fingerprint density at radius 2 is 1.28 bits per heavy atom. The molecule has 3 atom stereocenters. The molecule has 12 aromatic rings. The van der Waals surface area contributed by atoms with Crippen molar-refractivity contribution in [3.8, 4) is 50.0 Å². The monoisotopic (exact) mass is 1860 g/mol. The number of piperidine rings is 1. The highest BCUT2D eigenvalue weighted by Crippen LogP contribution is 2.52. The lowest BCUT2D eigenvalue weighted by molar-refractivity contribution is -0.160. The first kappa shape index (κ1) is 94.7. The van der Waals surface area contributed by atoms with Gasteiger partial charge < -0.3 is 54.0 Å². The number of unbranched alkanes of at least 4 members (excludes halogenated alkanes) is 1. The number of carbonyl (C=O) groups excluding carboxylic acids is 2. The van der Waals surface area contributed by atoms with E-state index >= 15 is 0 Å². The predicted molar refractivity (Wildman–Crippen MR) is 485 cm³/mol. The zero-order chi connectivity index (χ0) is 92.1. The van der Waals surface area contributed by atoms with Crippen LogP contribution in [0.15, 0.2) is 240 Å². The molecule has 0 saturated carbocycles. The maximum absolute atomic E-state index is 13.7. The Morgan fingerprint density at radius 1 is 0.685 bits per heavy atom. The summed E-state index contributed by atoms with van der Waals surface area (Å²) < 4.78 is 146. The molecule has 0 radical (unpaired) electrons. The van der Waals surface area contributed by atoms with Gasteiger partial charge in [0, 0.05) is 101 Å². The van der Waals surface area contributed by atoms with Gasteiger partial charge in [-0.05, 0) is 208 Å². The van der Waals surface area contributed by atoms with Crippen LogP contribution in [0.25, 0.3) is 38.5 Å². The first-order valence-corrected chi connectivity index (χ1v) is 45.6. The first-order chi connectivity index (χ1) is 62.3. The number of carboxylic acids is 1. The second-order valence-corrected chi connectivity index (χ2v) is 35.6. The normalized spacial score (nSPS) is 16.5. The number of thiazole rings is 1.